The summed E-state index contributed by atoms with van der Waals surface area (Å²) < 4.78 is 5.83. The third kappa shape index (κ3) is 4.14. The molecule has 1 aliphatic heterocycles. The lowest BCUT2D eigenvalue weighted by Crippen LogP contribution is -2.49. The van der Waals surface area contributed by atoms with Gasteiger partial charge in [-0.3, -0.25) is 14.8 Å². The molecule has 1 aromatic heterocycles. The fraction of sp³-hybridized carbons (Fsp3) is 0.444. The number of hydrogen-bond acceptors (Lipinski definition) is 4. The standard InChI is InChI=1S/C18H24N4O2/c1-2-18(23)22-11-9-21(10-12-22)13-14-24-16-5-3-15(4-6-16)17-7-8-19-20-17/h3-8H,2,9-14H2,1H3,(H,19,20). The van der Waals surface area contributed by atoms with E-state index in [1.807, 2.05) is 42.2 Å². The van der Waals surface area contributed by atoms with Crippen LogP contribution in [0.25, 0.3) is 11.3 Å². The smallest absolute Gasteiger partial charge is 0.222 e. The number of amides is 1. The van der Waals surface area contributed by atoms with Gasteiger partial charge in [0.1, 0.15) is 12.4 Å². The van der Waals surface area contributed by atoms with E-state index in [4.69, 9.17) is 4.74 Å². The molecule has 3 rings (SSSR count). The second kappa shape index (κ2) is 7.97. The zero-order chi connectivity index (χ0) is 16.8. The van der Waals surface area contributed by atoms with Crippen LogP contribution in [0.4, 0.5) is 0 Å². The fourth-order valence-electron chi connectivity index (χ4n) is 2.88. The highest BCUT2D eigenvalue weighted by Gasteiger charge is 2.19. The minimum atomic E-state index is 0.253. The summed E-state index contributed by atoms with van der Waals surface area (Å²) in [5.41, 5.74) is 2.10. The molecular weight excluding hydrogens is 304 g/mol. The van der Waals surface area contributed by atoms with E-state index in [1.165, 1.54) is 0 Å². The molecule has 128 valence electrons. The normalized spacial score (nSPS) is 15.5. The number of nitrogens with zero attached hydrogens (tertiary/aromatic N) is 3. The van der Waals surface area contributed by atoms with Crippen molar-refractivity contribution in [2.45, 2.75) is 13.3 Å². The number of rotatable bonds is 6. The van der Waals surface area contributed by atoms with E-state index in [9.17, 15) is 4.79 Å². The molecule has 0 aliphatic carbocycles. The number of aromatic nitrogens is 2. The van der Waals surface area contributed by atoms with Crippen molar-refractivity contribution < 1.29 is 9.53 Å². The van der Waals surface area contributed by atoms with Gasteiger partial charge in [-0.25, -0.2) is 0 Å². The number of benzene rings is 1. The maximum Gasteiger partial charge on any atom is 0.222 e. The molecule has 6 nitrogen and oxygen atoms in total. The molecule has 1 aromatic carbocycles. The first kappa shape index (κ1) is 16.5. The maximum atomic E-state index is 11.7. The van der Waals surface area contributed by atoms with Crippen LogP contribution in [0, 0.1) is 0 Å². The molecule has 0 saturated carbocycles. The Morgan fingerprint density at radius 1 is 1.17 bits per heavy atom. The summed E-state index contributed by atoms with van der Waals surface area (Å²) in [7, 11) is 0. The molecular formula is C18H24N4O2. The molecule has 1 amide bonds. The Kier molecular flexibility index (Phi) is 5.48. The minimum absolute atomic E-state index is 0.253. The highest BCUT2D eigenvalue weighted by molar-refractivity contribution is 5.75. The first-order valence-corrected chi connectivity index (χ1v) is 8.49. The molecule has 2 aromatic rings. The molecule has 6 heteroatoms. The topological polar surface area (TPSA) is 61.5 Å². The summed E-state index contributed by atoms with van der Waals surface area (Å²) >= 11 is 0. The van der Waals surface area contributed by atoms with Crippen LogP contribution in [0.1, 0.15) is 13.3 Å². The number of nitrogens with one attached hydrogen (secondary N) is 1. The van der Waals surface area contributed by atoms with Crippen LogP contribution < -0.4 is 4.74 Å². The van der Waals surface area contributed by atoms with Crippen molar-refractivity contribution in [2.24, 2.45) is 0 Å². The van der Waals surface area contributed by atoms with E-state index < -0.39 is 0 Å². The summed E-state index contributed by atoms with van der Waals surface area (Å²) in [6.07, 6.45) is 2.34. The number of aromatic amines is 1. The van der Waals surface area contributed by atoms with Gasteiger partial charge in [-0.15, -0.1) is 0 Å². The molecule has 0 atom stereocenters. The van der Waals surface area contributed by atoms with Crippen molar-refractivity contribution in [3.63, 3.8) is 0 Å². The lowest BCUT2D eigenvalue weighted by Gasteiger charge is -2.34. The van der Waals surface area contributed by atoms with Gasteiger partial charge in [-0.1, -0.05) is 6.92 Å². The second-order valence-electron chi connectivity index (χ2n) is 5.92. The zero-order valence-corrected chi connectivity index (χ0v) is 14.1. The Bertz CT molecular complexity index is 632. The number of H-pyrrole nitrogens is 1. The summed E-state index contributed by atoms with van der Waals surface area (Å²) in [5.74, 6) is 1.13. The first-order valence-electron chi connectivity index (χ1n) is 8.49. The van der Waals surface area contributed by atoms with Gasteiger partial charge in [0.05, 0.1) is 5.69 Å². The predicted octanol–water partition coefficient (Wildman–Crippen LogP) is 2.01. The van der Waals surface area contributed by atoms with Crippen molar-refractivity contribution in [3.05, 3.63) is 36.5 Å². The Morgan fingerprint density at radius 2 is 1.92 bits per heavy atom. The maximum absolute atomic E-state index is 11.7. The minimum Gasteiger partial charge on any atom is -0.492 e. The largest absolute Gasteiger partial charge is 0.492 e. The number of carbonyl (C=O) groups excluding carboxylic acids is 1. The molecule has 1 fully saturated rings. The summed E-state index contributed by atoms with van der Waals surface area (Å²) in [6, 6.07) is 9.96. The van der Waals surface area contributed by atoms with E-state index in [1.54, 1.807) is 6.20 Å². The molecule has 0 unspecified atom stereocenters. The van der Waals surface area contributed by atoms with Crippen LogP contribution >= 0.6 is 0 Å². The third-order valence-corrected chi connectivity index (χ3v) is 4.37. The monoisotopic (exact) mass is 328 g/mol. The molecule has 24 heavy (non-hydrogen) atoms. The van der Waals surface area contributed by atoms with Gasteiger partial charge in [-0.2, -0.15) is 5.10 Å². The summed E-state index contributed by atoms with van der Waals surface area (Å²) in [6.45, 7) is 6.96. The number of piperazine rings is 1. The van der Waals surface area contributed by atoms with Crippen LogP contribution in [0.2, 0.25) is 0 Å². The van der Waals surface area contributed by atoms with Crippen molar-refractivity contribution in [3.8, 4) is 17.0 Å². The van der Waals surface area contributed by atoms with Gasteiger partial charge in [0.25, 0.3) is 0 Å². The number of hydrogen-bond donors (Lipinski definition) is 1. The van der Waals surface area contributed by atoms with Crippen molar-refractivity contribution in [1.82, 2.24) is 20.0 Å². The van der Waals surface area contributed by atoms with E-state index >= 15 is 0 Å². The van der Waals surface area contributed by atoms with Gasteiger partial charge in [0.2, 0.25) is 5.91 Å². The van der Waals surface area contributed by atoms with E-state index in [-0.39, 0.29) is 5.91 Å². The number of carbonyl (C=O) groups is 1. The van der Waals surface area contributed by atoms with E-state index in [2.05, 4.69) is 15.1 Å². The Hall–Kier alpha value is -2.34. The van der Waals surface area contributed by atoms with Gasteiger partial charge in [0.15, 0.2) is 0 Å². The van der Waals surface area contributed by atoms with Crippen molar-refractivity contribution >= 4 is 5.91 Å². The van der Waals surface area contributed by atoms with Gasteiger partial charge >= 0.3 is 0 Å². The van der Waals surface area contributed by atoms with Crippen LogP contribution in [0.15, 0.2) is 36.5 Å². The predicted molar refractivity (Wildman–Crippen MR) is 92.8 cm³/mol. The molecule has 1 aliphatic rings. The summed E-state index contributed by atoms with van der Waals surface area (Å²) in [5, 5.41) is 6.91. The molecule has 1 saturated heterocycles. The molecule has 1 N–H and O–H groups in total. The SMILES string of the molecule is CCC(=O)N1CCN(CCOc2ccc(-c3ccn[nH]3)cc2)CC1. The average Bonchev–Trinajstić information content (AvgIpc) is 3.17. The quantitative estimate of drug-likeness (QED) is 0.881. The Balaban J connectivity index is 1.40. The van der Waals surface area contributed by atoms with Crippen molar-refractivity contribution in [1.29, 1.82) is 0 Å². The lowest BCUT2D eigenvalue weighted by molar-refractivity contribution is -0.132. The molecule has 0 radical (unpaired) electrons. The van der Waals surface area contributed by atoms with Crippen LogP contribution in [0.5, 0.6) is 5.75 Å². The van der Waals surface area contributed by atoms with Gasteiger partial charge < -0.3 is 9.64 Å². The fourth-order valence-corrected chi connectivity index (χ4v) is 2.88. The van der Waals surface area contributed by atoms with Gasteiger partial charge in [0, 0.05) is 45.3 Å². The number of ether oxygens (including phenoxy) is 1. The van der Waals surface area contributed by atoms with Crippen LogP contribution in [0.3, 0.4) is 0 Å². The molecule has 0 bridgehead atoms. The van der Waals surface area contributed by atoms with Gasteiger partial charge in [-0.05, 0) is 35.9 Å². The van der Waals surface area contributed by atoms with Crippen LogP contribution in [-0.2, 0) is 4.79 Å². The Morgan fingerprint density at radius 3 is 2.54 bits per heavy atom. The molecule has 2 heterocycles. The molecule has 0 spiro atoms. The summed E-state index contributed by atoms with van der Waals surface area (Å²) in [4.78, 5) is 16.0. The highest BCUT2D eigenvalue weighted by atomic mass is 16.5. The van der Waals surface area contributed by atoms with Crippen molar-refractivity contribution in [2.75, 3.05) is 39.3 Å². The Labute approximate surface area is 142 Å². The zero-order valence-electron chi connectivity index (χ0n) is 14.1. The van der Waals surface area contributed by atoms with E-state index in [0.29, 0.717) is 13.0 Å². The highest BCUT2D eigenvalue weighted by Crippen LogP contribution is 2.20. The van der Waals surface area contributed by atoms with Crippen LogP contribution in [-0.4, -0.2) is 65.2 Å². The van der Waals surface area contributed by atoms with E-state index in [0.717, 1.165) is 49.7 Å². The lowest BCUT2D eigenvalue weighted by atomic mass is 10.1. The average molecular weight is 328 g/mol. The third-order valence-electron chi connectivity index (χ3n) is 4.37. The second-order valence-corrected chi connectivity index (χ2v) is 5.92. The first-order chi connectivity index (χ1) is 11.8.